The molecule has 0 atom stereocenters. The number of anilines is 1. The van der Waals surface area contributed by atoms with E-state index < -0.39 is 0 Å². The topological polar surface area (TPSA) is 118 Å². The summed E-state index contributed by atoms with van der Waals surface area (Å²) in [5, 5.41) is 14.9. The Bertz CT molecular complexity index is 968. The van der Waals surface area contributed by atoms with E-state index in [1.807, 2.05) is 14.0 Å². The highest BCUT2D eigenvalue weighted by molar-refractivity contribution is 5.86. The maximum atomic E-state index is 5.79. The van der Waals surface area contributed by atoms with Gasteiger partial charge in [-0.2, -0.15) is 5.10 Å². The maximum Gasteiger partial charge on any atom is 0.216 e. The van der Waals surface area contributed by atoms with Gasteiger partial charge < -0.3 is 20.4 Å². The summed E-state index contributed by atoms with van der Waals surface area (Å²) >= 11 is 0. The van der Waals surface area contributed by atoms with Crippen molar-refractivity contribution in [2.45, 2.75) is 39.7 Å². The number of aromatic nitrogens is 5. The van der Waals surface area contributed by atoms with Crippen molar-refractivity contribution in [3.63, 3.8) is 0 Å². The fourth-order valence-electron chi connectivity index (χ4n) is 2.68. The highest BCUT2D eigenvalue weighted by Crippen LogP contribution is 2.22. The lowest BCUT2D eigenvalue weighted by Gasteiger charge is -2.13. The second kappa shape index (κ2) is 8.89. The Morgan fingerprint density at radius 1 is 1.14 bits per heavy atom. The summed E-state index contributed by atoms with van der Waals surface area (Å²) < 4.78 is 7.52. The summed E-state index contributed by atoms with van der Waals surface area (Å²) in [4.78, 5) is 17.4. The van der Waals surface area contributed by atoms with Gasteiger partial charge in [-0.1, -0.05) is 20.8 Å². The largest absolute Gasteiger partial charge is 0.443 e. The quantitative estimate of drug-likeness (QED) is 0.313. The van der Waals surface area contributed by atoms with Gasteiger partial charge in [-0.05, 0) is 6.92 Å². The number of aliphatic imine (C=N–C) groups is 1. The van der Waals surface area contributed by atoms with Gasteiger partial charge in [-0.3, -0.25) is 4.68 Å². The maximum absolute atomic E-state index is 5.79. The van der Waals surface area contributed by atoms with E-state index in [1.165, 1.54) is 6.33 Å². The molecule has 0 aliphatic heterocycles. The van der Waals surface area contributed by atoms with Gasteiger partial charge in [0.1, 0.15) is 24.5 Å². The Morgan fingerprint density at radius 3 is 2.69 bits per heavy atom. The van der Waals surface area contributed by atoms with E-state index in [9.17, 15) is 0 Å². The van der Waals surface area contributed by atoms with E-state index >= 15 is 0 Å². The molecule has 0 radical (unpaired) electrons. The first kappa shape index (κ1) is 20.6. The Hall–Kier alpha value is -3.17. The van der Waals surface area contributed by atoms with Gasteiger partial charge in [0.05, 0.1) is 17.8 Å². The molecule has 0 saturated carbocycles. The normalized spacial score (nSPS) is 12.4. The molecule has 29 heavy (non-hydrogen) atoms. The number of nitrogens with zero attached hydrogens (tertiary/aromatic N) is 6. The second-order valence-electron chi connectivity index (χ2n) is 7.64. The molecule has 3 N–H and O–H groups in total. The number of fused-ring (bicyclic) bond motifs is 1. The number of guanidine groups is 1. The van der Waals surface area contributed by atoms with Crippen molar-refractivity contribution in [2.75, 3.05) is 25.0 Å². The Morgan fingerprint density at radius 2 is 1.97 bits per heavy atom. The van der Waals surface area contributed by atoms with Crippen LogP contribution in [0.2, 0.25) is 0 Å². The zero-order valence-electron chi connectivity index (χ0n) is 17.7. The number of hydrogen-bond acceptors (Lipinski definition) is 7. The standard InChI is InChI=1S/C19H29N9O/c1-6-20-18(24-11-15-23-10-14(29-15)19(2,3)4)22-8-7-21-16-13-9-27-28(5)17(13)26-12-25-16/h9-10,12H,6-8,11H2,1-5H3,(H2,20,22,24)(H,21,25,26). The molecule has 10 nitrogen and oxygen atoms in total. The summed E-state index contributed by atoms with van der Waals surface area (Å²) in [5.41, 5.74) is 0.732. The summed E-state index contributed by atoms with van der Waals surface area (Å²) in [6.07, 6.45) is 5.07. The molecule has 0 bridgehead atoms. The lowest BCUT2D eigenvalue weighted by atomic mass is 9.94. The predicted octanol–water partition coefficient (Wildman–Crippen LogP) is 1.82. The molecular weight excluding hydrogens is 370 g/mol. The smallest absolute Gasteiger partial charge is 0.216 e. The van der Waals surface area contributed by atoms with Crippen LogP contribution in [-0.2, 0) is 19.0 Å². The average Bonchev–Trinajstić information content (AvgIpc) is 3.31. The Kier molecular flexibility index (Phi) is 6.30. The van der Waals surface area contributed by atoms with Crippen molar-refractivity contribution in [3.05, 3.63) is 30.4 Å². The molecule has 0 fully saturated rings. The molecular formula is C19H29N9O. The first-order chi connectivity index (χ1) is 13.9. The van der Waals surface area contributed by atoms with Gasteiger partial charge >= 0.3 is 0 Å². The molecule has 0 amide bonds. The third-order valence-corrected chi connectivity index (χ3v) is 4.25. The van der Waals surface area contributed by atoms with Crippen LogP contribution < -0.4 is 16.0 Å². The van der Waals surface area contributed by atoms with Crippen LogP contribution in [0.15, 0.2) is 28.1 Å². The average molecular weight is 400 g/mol. The lowest BCUT2D eigenvalue weighted by molar-refractivity contribution is 0.383. The Balaban J connectivity index is 1.53. The third kappa shape index (κ3) is 5.21. The van der Waals surface area contributed by atoms with Crippen LogP contribution >= 0.6 is 0 Å². The van der Waals surface area contributed by atoms with Crippen LogP contribution in [0.25, 0.3) is 11.0 Å². The zero-order valence-corrected chi connectivity index (χ0v) is 17.7. The van der Waals surface area contributed by atoms with Crippen molar-refractivity contribution < 1.29 is 4.42 Å². The number of oxazole rings is 1. The SMILES string of the molecule is CCNC(=NCc1ncc(C(C)(C)C)o1)NCCNc1ncnc2c1cnn2C. The number of rotatable bonds is 7. The molecule has 0 aliphatic rings. The molecule has 0 saturated heterocycles. The molecule has 3 aromatic rings. The van der Waals surface area contributed by atoms with Crippen molar-refractivity contribution in [1.82, 2.24) is 35.4 Å². The number of nitrogens with one attached hydrogen (secondary N) is 3. The number of hydrogen-bond donors (Lipinski definition) is 3. The summed E-state index contributed by atoms with van der Waals surface area (Å²) in [5.74, 6) is 2.93. The molecule has 10 heteroatoms. The number of aryl methyl sites for hydroxylation is 1. The van der Waals surface area contributed by atoms with Crippen molar-refractivity contribution in [1.29, 1.82) is 0 Å². The van der Waals surface area contributed by atoms with Gasteiger partial charge in [0.15, 0.2) is 11.6 Å². The molecule has 0 unspecified atom stereocenters. The van der Waals surface area contributed by atoms with Gasteiger partial charge in [0, 0.05) is 32.1 Å². The highest BCUT2D eigenvalue weighted by atomic mass is 16.4. The molecule has 0 aliphatic carbocycles. The van der Waals surface area contributed by atoms with Crippen LogP contribution in [0, 0.1) is 0 Å². The van der Waals surface area contributed by atoms with Crippen LogP contribution in [0.5, 0.6) is 0 Å². The van der Waals surface area contributed by atoms with Crippen LogP contribution in [-0.4, -0.2) is 50.3 Å². The zero-order chi connectivity index (χ0) is 20.9. The van der Waals surface area contributed by atoms with Gasteiger partial charge in [0.2, 0.25) is 5.89 Å². The van der Waals surface area contributed by atoms with Crippen LogP contribution in [0.3, 0.4) is 0 Å². The summed E-state index contributed by atoms with van der Waals surface area (Å²) in [6.45, 7) is 10.8. The molecule has 0 aromatic carbocycles. The molecule has 3 rings (SSSR count). The fraction of sp³-hybridized carbons (Fsp3) is 0.526. The van der Waals surface area contributed by atoms with E-state index in [1.54, 1.807) is 17.1 Å². The molecule has 156 valence electrons. The van der Waals surface area contributed by atoms with E-state index in [0.29, 0.717) is 31.5 Å². The van der Waals surface area contributed by atoms with Gasteiger partial charge in [-0.15, -0.1) is 0 Å². The van der Waals surface area contributed by atoms with E-state index in [2.05, 4.69) is 61.8 Å². The van der Waals surface area contributed by atoms with E-state index in [4.69, 9.17) is 4.42 Å². The first-order valence-electron chi connectivity index (χ1n) is 9.72. The van der Waals surface area contributed by atoms with Crippen molar-refractivity contribution >= 4 is 22.8 Å². The summed E-state index contributed by atoms with van der Waals surface area (Å²) in [7, 11) is 1.86. The van der Waals surface area contributed by atoms with Crippen molar-refractivity contribution in [2.24, 2.45) is 12.0 Å². The van der Waals surface area contributed by atoms with Crippen LogP contribution in [0.1, 0.15) is 39.3 Å². The highest BCUT2D eigenvalue weighted by Gasteiger charge is 2.19. The minimum atomic E-state index is -0.0654. The van der Waals surface area contributed by atoms with Crippen molar-refractivity contribution in [3.8, 4) is 0 Å². The van der Waals surface area contributed by atoms with E-state index in [0.717, 1.165) is 29.2 Å². The molecule has 3 heterocycles. The Labute approximate surface area is 170 Å². The minimum Gasteiger partial charge on any atom is -0.443 e. The second-order valence-corrected chi connectivity index (χ2v) is 7.64. The molecule has 3 aromatic heterocycles. The molecule has 0 spiro atoms. The monoisotopic (exact) mass is 399 g/mol. The van der Waals surface area contributed by atoms with Gasteiger partial charge in [-0.25, -0.2) is 19.9 Å². The van der Waals surface area contributed by atoms with Gasteiger partial charge in [0.25, 0.3) is 0 Å². The third-order valence-electron chi connectivity index (χ3n) is 4.25. The minimum absolute atomic E-state index is 0.0654. The fourth-order valence-corrected chi connectivity index (χ4v) is 2.68. The lowest BCUT2D eigenvalue weighted by Crippen LogP contribution is -2.39. The predicted molar refractivity (Wildman–Crippen MR) is 113 cm³/mol. The van der Waals surface area contributed by atoms with Crippen LogP contribution in [0.4, 0.5) is 5.82 Å². The van der Waals surface area contributed by atoms with E-state index in [-0.39, 0.29) is 5.41 Å². The summed E-state index contributed by atoms with van der Waals surface area (Å²) in [6, 6.07) is 0. The first-order valence-corrected chi connectivity index (χ1v) is 9.72.